The summed E-state index contributed by atoms with van der Waals surface area (Å²) in [6.07, 6.45) is 4.85. The van der Waals surface area contributed by atoms with E-state index in [-0.39, 0.29) is 12.1 Å². The highest BCUT2D eigenvalue weighted by atomic mass is 16.5. The molecule has 0 radical (unpaired) electrons. The SMILES string of the molecule is CCCCCC(O)CCOC(=O)CC. The topological polar surface area (TPSA) is 46.5 Å². The van der Waals surface area contributed by atoms with E-state index in [1.54, 1.807) is 6.92 Å². The summed E-state index contributed by atoms with van der Waals surface area (Å²) in [5, 5.41) is 9.47. The van der Waals surface area contributed by atoms with Crippen LogP contribution in [0.15, 0.2) is 0 Å². The molecule has 0 aromatic rings. The van der Waals surface area contributed by atoms with Crippen LogP contribution in [-0.4, -0.2) is 23.8 Å². The van der Waals surface area contributed by atoms with E-state index in [1.807, 2.05) is 0 Å². The van der Waals surface area contributed by atoms with E-state index in [9.17, 15) is 9.90 Å². The molecule has 0 bridgehead atoms. The van der Waals surface area contributed by atoms with Gasteiger partial charge in [-0.25, -0.2) is 0 Å². The molecule has 3 nitrogen and oxygen atoms in total. The van der Waals surface area contributed by atoms with Crippen molar-refractivity contribution in [1.82, 2.24) is 0 Å². The molecule has 1 atom stereocenters. The normalized spacial score (nSPS) is 12.5. The lowest BCUT2D eigenvalue weighted by Crippen LogP contribution is -2.12. The number of carbonyl (C=O) groups excluding carboxylic acids is 1. The van der Waals surface area contributed by atoms with Crippen molar-refractivity contribution in [3.05, 3.63) is 0 Å². The van der Waals surface area contributed by atoms with E-state index in [0.29, 0.717) is 19.4 Å². The van der Waals surface area contributed by atoms with Gasteiger partial charge < -0.3 is 9.84 Å². The van der Waals surface area contributed by atoms with Crippen LogP contribution in [0.5, 0.6) is 0 Å². The molecule has 1 unspecified atom stereocenters. The third-order valence-corrected chi connectivity index (χ3v) is 2.14. The second-order valence-corrected chi connectivity index (χ2v) is 3.51. The van der Waals surface area contributed by atoms with E-state index in [0.717, 1.165) is 25.7 Å². The third-order valence-electron chi connectivity index (χ3n) is 2.14. The predicted molar refractivity (Wildman–Crippen MR) is 56.0 cm³/mol. The molecule has 84 valence electrons. The monoisotopic (exact) mass is 202 g/mol. The molecule has 3 heteroatoms. The zero-order valence-electron chi connectivity index (χ0n) is 9.29. The summed E-state index contributed by atoms with van der Waals surface area (Å²) in [6.45, 7) is 4.25. The summed E-state index contributed by atoms with van der Waals surface area (Å²) < 4.78 is 4.87. The van der Waals surface area contributed by atoms with Gasteiger partial charge in [-0.1, -0.05) is 33.1 Å². The van der Waals surface area contributed by atoms with Crippen LogP contribution in [-0.2, 0) is 9.53 Å². The number of hydrogen-bond acceptors (Lipinski definition) is 3. The Labute approximate surface area is 86.5 Å². The van der Waals surface area contributed by atoms with Gasteiger partial charge in [0, 0.05) is 12.8 Å². The largest absolute Gasteiger partial charge is 0.466 e. The Morgan fingerprint density at radius 2 is 2.00 bits per heavy atom. The first-order valence-electron chi connectivity index (χ1n) is 5.54. The number of rotatable bonds is 8. The minimum absolute atomic E-state index is 0.189. The van der Waals surface area contributed by atoms with Crippen molar-refractivity contribution >= 4 is 5.97 Å². The van der Waals surface area contributed by atoms with Gasteiger partial charge >= 0.3 is 5.97 Å². The number of carbonyl (C=O) groups is 1. The highest BCUT2D eigenvalue weighted by Gasteiger charge is 2.05. The Kier molecular flexibility index (Phi) is 8.64. The summed E-state index contributed by atoms with van der Waals surface area (Å²) in [4.78, 5) is 10.7. The third kappa shape index (κ3) is 8.05. The number of unbranched alkanes of at least 4 members (excludes halogenated alkanes) is 2. The lowest BCUT2D eigenvalue weighted by Gasteiger charge is -2.09. The number of esters is 1. The maximum absolute atomic E-state index is 10.7. The molecule has 0 aliphatic heterocycles. The summed E-state index contributed by atoms with van der Waals surface area (Å²) in [7, 11) is 0. The predicted octanol–water partition coefficient (Wildman–Crippen LogP) is 2.27. The quantitative estimate of drug-likeness (QED) is 0.485. The van der Waals surface area contributed by atoms with Crippen LogP contribution >= 0.6 is 0 Å². The lowest BCUT2D eigenvalue weighted by atomic mass is 10.1. The van der Waals surface area contributed by atoms with Gasteiger partial charge in [0.25, 0.3) is 0 Å². The second-order valence-electron chi connectivity index (χ2n) is 3.51. The van der Waals surface area contributed by atoms with Crippen LogP contribution in [0.4, 0.5) is 0 Å². The van der Waals surface area contributed by atoms with Gasteiger partial charge in [0.1, 0.15) is 0 Å². The maximum Gasteiger partial charge on any atom is 0.305 e. The molecule has 14 heavy (non-hydrogen) atoms. The fourth-order valence-corrected chi connectivity index (χ4v) is 1.19. The molecule has 0 heterocycles. The van der Waals surface area contributed by atoms with Crippen LogP contribution < -0.4 is 0 Å². The fraction of sp³-hybridized carbons (Fsp3) is 0.909. The van der Waals surface area contributed by atoms with Crippen LogP contribution in [0.1, 0.15) is 52.4 Å². The van der Waals surface area contributed by atoms with E-state index in [2.05, 4.69) is 6.92 Å². The summed E-state index contributed by atoms with van der Waals surface area (Å²) in [6, 6.07) is 0. The zero-order chi connectivity index (χ0) is 10.8. The van der Waals surface area contributed by atoms with Crippen molar-refractivity contribution in [1.29, 1.82) is 0 Å². The molecule has 0 saturated carbocycles. The van der Waals surface area contributed by atoms with Crippen molar-refractivity contribution in [2.45, 2.75) is 58.5 Å². The first kappa shape index (κ1) is 13.4. The lowest BCUT2D eigenvalue weighted by molar-refractivity contribution is -0.143. The highest BCUT2D eigenvalue weighted by Crippen LogP contribution is 2.06. The van der Waals surface area contributed by atoms with Crippen LogP contribution in [0, 0.1) is 0 Å². The van der Waals surface area contributed by atoms with E-state index >= 15 is 0 Å². The van der Waals surface area contributed by atoms with Crippen molar-refractivity contribution in [2.24, 2.45) is 0 Å². The molecule has 0 aliphatic rings. The molecule has 1 N–H and O–H groups in total. The Hall–Kier alpha value is -0.570. The highest BCUT2D eigenvalue weighted by molar-refractivity contribution is 5.68. The number of hydrogen-bond donors (Lipinski definition) is 1. The molecule has 0 fully saturated rings. The zero-order valence-corrected chi connectivity index (χ0v) is 9.29. The second kappa shape index (κ2) is 9.00. The Morgan fingerprint density at radius 3 is 2.57 bits per heavy atom. The number of aliphatic hydroxyl groups is 1. The molecule has 0 aromatic heterocycles. The molecule has 0 saturated heterocycles. The van der Waals surface area contributed by atoms with Gasteiger partial charge in [-0.05, 0) is 6.42 Å². The van der Waals surface area contributed by atoms with Crippen LogP contribution in [0.3, 0.4) is 0 Å². The fourth-order valence-electron chi connectivity index (χ4n) is 1.19. The van der Waals surface area contributed by atoms with Crippen molar-refractivity contribution in [3.8, 4) is 0 Å². The van der Waals surface area contributed by atoms with Crippen molar-refractivity contribution < 1.29 is 14.6 Å². The minimum atomic E-state index is -0.314. The van der Waals surface area contributed by atoms with Gasteiger partial charge in [-0.3, -0.25) is 4.79 Å². The first-order valence-corrected chi connectivity index (χ1v) is 5.54. The van der Waals surface area contributed by atoms with E-state index in [1.165, 1.54) is 0 Å². The molecule has 0 spiro atoms. The Bertz CT molecular complexity index is 145. The molecular formula is C11H22O3. The molecule has 0 aliphatic carbocycles. The van der Waals surface area contributed by atoms with Crippen molar-refractivity contribution in [3.63, 3.8) is 0 Å². The average Bonchev–Trinajstić information content (AvgIpc) is 2.18. The van der Waals surface area contributed by atoms with Gasteiger partial charge in [-0.15, -0.1) is 0 Å². The molecular weight excluding hydrogens is 180 g/mol. The van der Waals surface area contributed by atoms with E-state index in [4.69, 9.17) is 4.74 Å². The van der Waals surface area contributed by atoms with Gasteiger partial charge in [0.05, 0.1) is 12.7 Å². The number of aliphatic hydroxyl groups excluding tert-OH is 1. The summed E-state index contributed by atoms with van der Waals surface area (Å²) in [5.41, 5.74) is 0. The first-order chi connectivity index (χ1) is 6.70. The summed E-state index contributed by atoms with van der Waals surface area (Å²) in [5.74, 6) is -0.189. The standard InChI is InChI=1S/C11H22O3/c1-3-5-6-7-10(12)8-9-14-11(13)4-2/h10,12H,3-9H2,1-2H3. The van der Waals surface area contributed by atoms with Gasteiger partial charge in [-0.2, -0.15) is 0 Å². The summed E-state index contributed by atoms with van der Waals surface area (Å²) >= 11 is 0. The number of ether oxygens (including phenoxy) is 1. The molecule has 0 amide bonds. The van der Waals surface area contributed by atoms with Crippen LogP contribution in [0.2, 0.25) is 0 Å². The van der Waals surface area contributed by atoms with E-state index < -0.39 is 0 Å². The maximum atomic E-state index is 10.7. The van der Waals surface area contributed by atoms with Gasteiger partial charge in [0.15, 0.2) is 0 Å². The Balaban J connectivity index is 3.26. The van der Waals surface area contributed by atoms with Crippen LogP contribution in [0.25, 0.3) is 0 Å². The van der Waals surface area contributed by atoms with Crippen molar-refractivity contribution in [2.75, 3.05) is 6.61 Å². The molecule has 0 rings (SSSR count). The molecule has 0 aromatic carbocycles. The Morgan fingerprint density at radius 1 is 1.29 bits per heavy atom. The smallest absolute Gasteiger partial charge is 0.305 e. The average molecular weight is 202 g/mol. The minimum Gasteiger partial charge on any atom is -0.466 e. The van der Waals surface area contributed by atoms with Gasteiger partial charge in [0.2, 0.25) is 0 Å².